The summed E-state index contributed by atoms with van der Waals surface area (Å²) in [5.41, 5.74) is 4.34. The predicted octanol–water partition coefficient (Wildman–Crippen LogP) is 1.69. The first-order valence-electron chi connectivity index (χ1n) is 10.3. The number of aromatic nitrogens is 1. The molecule has 0 saturated carbocycles. The zero-order valence-corrected chi connectivity index (χ0v) is 18.0. The molecule has 1 amide bonds. The molecule has 9 nitrogen and oxygen atoms in total. The zero-order chi connectivity index (χ0) is 24.5. The van der Waals surface area contributed by atoms with Gasteiger partial charge in [0.1, 0.15) is 17.6 Å². The van der Waals surface area contributed by atoms with Gasteiger partial charge in [0.2, 0.25) is 0 Å². The number of hydrogen-bond acceptors (Lipinski definition) is 7. The minimum Gasteiger partial charge on any atom is -0.406 e. The number of β-amino-alcohol motifs (C(OH)–C–C–N with tert-alkyl or cyclic N) is 1. The number of rotatable bonds is 6. The second-order valence-electron chi connectivity index (χ2n) is 7.67. The summed E-state index contributed by atoms with van der Waals surface area (Å²) in [6.45, 7) is 0.421. The molecule has 2 aliphatic rings. The molecule has 2 aliphatic heterocycles. The van der Waals surface area contributed by atoms with Gasteiger partial charge >= 0.3 is 6.36 Å². The SMILES string of the molecule is Cn1cccc(NC2NN(c3ccc(OC(F)(F)F)cc3)C(=O)C3=C2C=CN(CCO)C3)c1=O. The van der Waals surface area contributed by atoms with Gasteiger partial charge in [-0.05, 0) is 48.7 Å². The van der Waals surface area contributed by atoms with Crippen LogP contribution in [0.3, 0.4) is 0 Å². The van der Waals surface area contributed by atoms with Crippen molar-refractivity contribution < 1.29 is 27.8 Å². The van der Waals surface area contributed by atoms with E-state index in [-0.39, 0.29) is 24.4 Å². The van der Waals surface area contributed by atoms with Crippen molar-refractivity contribution in [2.24, 2.45) is 7.05 Å². The van der Waals surface area contributed by atoms with Crippen LogP contribution >= 0.6 is 0 Å². The smallest absolute Gasteiger partial charge is 0.406 e. The topological polar surface area (TPSA) is 99.1 Å². The summed E-state index contributed by atoms with van der Waals surface area (Å²) in [7, 11) is 1.61. The van der Waals surface area contributed by atoms with E-state index in [0.717, 1.165) is 12.1 Å². The van der Waals surface area contributed by atoms with E-state index >= 15 is 0 Å². The number of alkyl halides is 3. The molecule has 3 heterocycles. The van der Waals surface area contributed by atoms with Crippen molar-refractivity contribution >= 4 is 17.3 Å². The maximum atomic E-state index is 13.3. The fraction of sp³-hybridized carbons (Fsp3) is 0.273. The second-order valence-corrected chi connectivity index (χ2v) is 7.67. The van der Waals surface area contributed by atoms with E-state index in [1.165, 1.54) is 21.7 Å². The number of halogens is 3. The van der Waals surface area contributed by atoms with E-state index in [1.54, 1.807) is 42.6 Å². The Morgan fingerprint density at radius 1 is 1.21 bits per heavy atom. The number of benzene rings is 1. The van der Waals surface area contributed by atoms with Crippen LogP contribution in [0.4, 0.5) is 24.5 Å². The molecule has 1 unspecified atom stereocenters. The van der Waals surface area contributed by atoms with Crippen LogP contribution in [0.5, 0.6) is 5.75 Å². The summed E-state index contributed by atoms with van der Waals surface area (Å²) in [6.07, 6.45) is -0.438. The molecular weight excluding hydrogens is 455 g/mol. The van der Waals surface area contributed by atoms with Gasteiger partial charge in [-0.3, -0.25) is 9.59 Å². The Hall–Kier alpha value is -3.77. The van der Waals surface area contributed by atoms with Gasteiger partial charge in [-0.25, -0.2) is 10.4 Å². The molecule has 0 spiro atoms. The zero-order valence-electron chi connectivity index (χ0n) is 18.0. The van der Waals surface area contributed by atoms with Gasteiger partial charge in [0, 0.05) is 37.5 Å². The number of hydrazine groups is 1. The minimum atomic E-state index is -4.83. The summed E-state index contributed by atoms with van der Waals surface area (Å²) in [5, 5.41) is 13.6. The van der Waals surface area contributed by atoms with Gasteiger partial charge in [0.05, 0.1) is 12.3 Å². The molecule has 1 aromatic carbocycles. The summed E-state index contributed by atoms with van der Waals surface area (Å²) in [6, 6.07) is 8.16. The average molecular weight is 477 g/mol. The van der Waals surface area contributed by atoms with Crippen molar-refractivity contribution in [1.29, 1.82) is 0 Å². The largest absolute Gasteiger partial charge is 0.573 e. The van der Waals surface area contributed by atoms with Crippen molar-refractivity contribution in [3.05, 3.63) is 76.4 Å². The fourth-order valence-corrected chi connectivity index (χ4v) is 3.73. The third-order valence-corrected chi connectivity index (χ3v) is 5.34. The molecule has 0 radical (unpaired) electrons. The number of ether oxygens (including phenoxy) is 1. The maximum Gasteiger partial charge on any atom is 0.573 e. The van der Waals surface area contributed by atoms with Crippen LogP contribution in [0.1, 0.15) is 0 Å². The lowest BCUT2D eigenvalue weighted by molar-refractivity contribution is -0.274. The molecule has 34 heavy (non-hydrogen) atoms. The number of pyridine rings is 1. The molecule has 3 N–H and O–H groups in total. The first-order chi connectivity index (χ1) is 16.2. The predicted molar refractivity (Wildman–Crippen MR) is 118 cm³/mol. The van der Waals surface area contributed by atoms with Crippen LogP contribution < -0.4 is 26.0 Å². The number of hydrogen-bond donors (Lipinski definition) is 3. The van der Waals surface area contributed by atoms with Crippen LogP contribution in [-0.2, 0) is 11.8 Å². The fourth-order valence-electron chi connectivity index (χ4n) is 3.73. The van der Waals surface area contributed by atoms with Crippen LogP contribution in [0, 0.1) is 0 Å². The quantitative estimate of drug-likeness (QED) is 0.583. The molecule has 0 bridgehead atoms. The Kier molecular flexibility index (Phi) is 6.35. The normalized spacial score (nSPS) is 18.3. The standard InChI is InChI=1S/C22H22F3N5O4/c1-28-9-2-3-18(21(28)33)26-19-16-8-10-29(11-12-31)13-17(16)20(32)30(27-19)14-4-6-15(7-5-14)34-22(23,24)25/h2-10,19,26-27,31H,11-13H2,1H3. The highest BCUT2D eigenvalue weighted by Crippen LogP contribution is 2.30. The van der Waals surface area contributed by atoms with Crippen LogP contribution in [0.2, 0.25) is 0 Å². The Bertz CT molecular complexity index is 1190. The molecule has 180 valence electrons. The minimum absolute atomic E-state index is 0.106. The van der Waals surface area contributed by atoms with E-state index < -0.39 is 24.2 Å². The lowest BCUT2D eigenvalue weighted by atomic mass is 9.98. The first kappa shape index (κ1) is 23.4. The van der Waals surface area contributed by atoms with Crippen molar-refractivity contribution in [2.75, 3.05) is 30.0 Å². The van der Waals surface area contributed by atoms with E-state index in [4.69, 9.17) is 0 Å². The number of anilines is 2. The van der Waals surface area contributed by atoms with Gasteiger partial charge in [-0.1, -0.05) is 0 Å². The highest BCUT2D eigenvalue weighted by atomic mass is 19.4. The van der Waals surface area contributed by atoms with Crippen LogP contribution in [-0.4, -0.2) is 52.7 Å². The average Bonchev–Trinajstić information content (AvgIpc) is 2.78. The van der Waals surface area contributed by atoms with Crippen molar-refractivity contribution in [2.45, 2.75) is 12.5 Å². The number of carbonyl (C=O) groups excluding carboxylic acids is 1. The molecule has 0 aliphatic carbocycles. The Morgan fingerprint density at radius 3 is 2.62 bits per heavy atom. The number of amides is 1. The Balaban J connectivity index is 1.67. The molecule has 2 aromatic rings. The lowest BCUT2D eigenvalue weighted by Crippen LogP contribution is -2.58. The first-order valence-corrected chi connectivity index (χ1v) is 10.3. The van der Waals surface area contributed by atoms with Gasteiger partial charge in [0.25, 0.3) is 11.5 Å². The third kappa shape index (κ3) is 4.92. The van der Waals surface area contributed by atoms with Gasteiger partial charge in [-0.2, -0.15) is 0 Å². The van der Waals surface area contributed by atoms with Crippen molar-refractivity contribution in [3.63, 3.8) is 0 Å². The van der Waals surface area contributed by atoms with Crippen molar-refractivity contribution in [3.8, 4) is 5.75 Å². The molecule has 1 aromatic heterocycles. The highest BCUT2D eigenvalue weighted by Gasteiger charge is 2.36. The molecule has 12 heteroatoms. The molecular formula is C22H22F3N5O4. The summed E-state index contributed by atoms with van der Waals surface area (Å²) in [5.74, 6) is -0.830. The van der Waals surface area contributed by atoms with Crippen LogP contribution in [0.25, 0.3) is 0 Å². The van der Waals surface area contributed by atoms with E-state index in [0.29, 0.717) is 23.4 Å². The second kappa shape index (κ2) is 9.23. The van der Waals surface area contributed by atoms with E-state index in [1.807, 2.05) is 0 Å². The monoisotopic (exact) mass is 477 g/mol. The van der Waals surface area contributed by atoms with Gasteiger partial charge < -0.3 is 24.6 Å². The van der Waals surface area contributed by atoms with Crippen molar-refractivity contribution in [1.82, 2.24) is 14.9 Å². The number of nitrogens with one attached hydrogen (secondary N) is 2. The number of aliphatic hydroxyl groups is 1. The van der Waals surface area contributed by atoms with E-state index in [9.17, 15) is 27.9 Å². The number of carbonyl (C=O) groups is 1. The molecule has 0 saturated heterocycles. The van der Waals surface area contributed by atoms with E-state index in [2.05, 4.69) is 15.5 Å². The molecule has 1 atom stereocenters. The van der Waals surface area contributed by atoms with Gasteiger partial charge in [-0.15, -0.1) is 13.2 Å². The maximum absolute atomic E-state index is 13.3. The highest BCUT2D eigenvalue weighted by molar-refractivity contribution is 6.07. The number of aliphatic hydroxyl groups excluding tert-OH is 1. The number of aryl methyl sites for hydroxylation is 1. The molecule has 4 rings (SSSR count). The Morgan fingerprint density at radius 2 is 1.94 bits per heavy atom. The van der Waals surface area contributed by atoms with Crippen LogP contribution in [0.15, 0.2) is 70.8 Å². The summed E-state index contributed by atoms with van der Waals surface area (Å²) >= 11 is 0. The Labute approximate surface area is 192 Å². The summed E-state index contributed by atoms with van der Waals surface area (Å²) in [4.78, 5) is 27.6. The summed E-state index contributed by atoms with van der Waals surface area (Å²) < 4.78 is 42.8. The number of nitrogens with zero attached hydrogens (tertiary/aromatic N) is 3. The lowest BCUT2D eigenvalue weighted by Gasteiger charge is -2.39. The molecule has 0 fully saturated rings. The third-order valence-electron chi connectivity index (χ3n) is 5.34. The van der Waals surface area contributed by atoms with Gasteiger partial charge in [0.15, 0.2) is 0 Å².